The molecule has 3 aromatic rings. The van der Waals surface area contributed by atoms with Crippen molar-refractivity contribution in [2.24, 2.45) is 0 Å². The van der Waals surface area contributed by atoms with E-state index in [0.717, 1.165) is 60.1 Å². The molecule has 1 amide bonds. The fourth-order valence-electron chi connectivity index (χ4n) is 6.19. The molecular weight excluding hydrogens is 428 g/mol. The van der Waals surface area contributed by atoms with Crippen LogP contribution in [0.4, 0.5) is 5.69 Å². The normalized spacial score (nSPS) is 20.9. The zero-order valence-corrected chi connectivity index (χ0v) is 21.9. The molecule has 0 aliphatic carbocycles. The maximum absolute atomic E-state index is 14.1. The van der Waals surface area contributed by atoms with Gasteiger partial charge in [-0.3, -0.25) is 4.79 Å². The van der Waals surface area contributed by atoms with Crippen LogP contribution in [0.3, 0.4) is 0 Å². The van der Waals surface area contributed by atoms with Crippen molar-refractivity contribution in [1.29, 1.82) is 0 Å². The molecular formula is C32H41N2O+. The summed E-state index contributed by atoms with van der Waals surface area (Å²) in [6.07, 6.45) is 5.34. The molecule has 3 unspecified atom stereocenters. The molecule has 3 atom stereocenters. The Morgan fingerprint density at radius 2 is 1.54 bits per heavy atom. The van der Waals surface area contributed by atoms with Crippen LogP contribution in [-0.2, 0) is 17.8 Å². The van der Waals surface area contributed by atoms with Crippen molar-refractivity contribution in [2.75, 3.05) is 11.9 Å². The van der Waals surface area contributed by atoms with E-state index in [1.807, 2.05) is 0 Å². The molecule has 3 heteroatoms. The summed E-state index contributed by atoms with van der Waals surface area (Å²) in [5.41, 5.74) is 7.24. The van der Waals surface area contributed by atoms with Gasteiger partial charge in [0, 0.05) is 29.7 Å². The number of hydrogen-bond acceptors (Lipinski definition) is 1. The van der Waals surface area contributed by atoms with E-state index in [1.54, 1.807) is 0 Å². The minimum atomic E-state index is -0.120. The average molecular weight is 470 g/mol. The van der Waals surface area contributed by atoms with Crippen molar-refractivity contribution in [1.82, 2.24) is 0 Å². The first-order valence-corrected chi connectivity index (χ1v) is 13.3. The average Bonchev–Trinajstić information content (AvgIpc) is 2.88. The Morgan fingerprint density at radius 1 is 0.886 bits per heavy atom. The van der Waals surface area contributed by atoms with E-state index in [1.165, 1.54) is 23.1 Å². The number of nitrogens with one attached hydrogen (secondary N) is 1. The predicted molar refractivity (Wildman–Crippen MR) is 146 cm³/mol. The van der Waals surface area contributed by atoms with Gasteiger partial charge in [-0.15, -0.1) is 0 Å². The Bertz CT molecular complexity index is 1100. The minimum Gasteiger partial charge on any atom is -0.320 e. The molecule has 35 heavy (non-hydrogen) atoms. The second-order valence-corrected chi connectivity index (χ2v) is 10.3. The second kappa shape index (κ2) is 11.2. The lowest BCUT2D eigenvalue weighted by molar-refractivity contribution is -0.987. The lowest BCUT2D eigenvalue weighted by atomic mass is 9.87. The van der Waals surface area contributed by atoms with E-state index in [9.17, 15) is 4.79 Å². The molecule has 0 bridgehead atoms. The van der Waals surface area contributed by atoms with Gasteiger partial charge in [0.05, 0.1) is 6.54 Å². The number of rotatable bonds is 8. The Kier molecular flexibility index (Phi) is 8.07. The lowest BCUT2D eigenvalue weighted by Gasteiger charge is -2.52. The highest BCUT2D eigenvalue weighted by Crippen LogP contribution is 2.43. The molecule has 0 aromatic heterocycles. The number of aryl methyl sites for hydroxylation is 3. The van der Waals surface area contributed by atoms with Crippen LogP contribution >= 0.6 is 0 Å². The fraction of sp³-hybridized carbons (Fsp3) is 0.406. The van der Waals surface area contributed by atoms with Crippen LogP contribution in [0.2, 0.25) is 0 Å². The summed E-state index contributed by atoms with van der Waals surface area (Å²) in [6, 6.07) is 26.4. The third-order valence-corrected chi connectivity index (χ3v) is 8.05. The molecule has 1 saturated heterocycles. The molecule has 3 aromatic carbocycles. The maximum Gasteiger partial charge on any atom is 0.282 e. The third-order valence-electron chi connectivity index (χ3n) is 8.05. The largest absolute Gasteiger partial charge is 0.320 e. The molecule has 1 aliphatic heterocycles. The van der Waals surface area contributed by atoms with Crippen molar-refractivity contribution >= 4 is 11.6 Å². The first-order chi connectivity index (χ1) is 17.0. The highest BCUT2D eigenvalue weighted by Gasteiger charge is 2.48. The highest BCUT2D eigenvalue weighted by atomic mass is 16.2. The number of carbonyl (C=O) groups excluding carboxylic acids is 1. The van der Waals surface area contributed by atoms with E-state index in [-0.39, 0.29) is 11.9 Å². The van der Waals surface area contributed by atoms with Crippen LogP contribution in [0.1, 0.15) is 73.4 Å². The van der Waals surface area contributed by atoms with Gasteiger partial charge in [-0.2, -0.15) is 0 Å². The lowest BCUT2D eigenvalue weighted by Crippen LogP contribution is -2.62. The highest BCUT2D eigenvalue weighted by molar-refractivity contribution is 5.95. The number of likely N-dealkylation sites (tertiary alicyclic amines) is 1. The first-order valence-electron chi connectivity index (χ1n) is 13.3. The summed E-state index contributed by atoms with van der Waals surface area (Å²) >= 11 is 0. The van der Waals surface area contributed by atoms with Gasteiger partial charge in [0.1, 0.15) is 12.6 Å². The van der Waals surface area contributed by atoms with Crippen molar-refractivity contribution in [3.05, 3.63) is 101 Å². The molecule has 0 radical (unpaired) electrons. The Morgan fingerprint density at radius 3 is 2.17 bits per heavy atom. The topological polar surface area (TPSA) is 29.1 Å². The van der Waals surface area contributed by atoms with E-state index in [4.69, 9.17) is 0 Å². The smallest absolute Gasteiger partial charge is 0.282 e. The number of hydrogen-bond donors (Lipinski definition) is 1. The second-order valence-electron chi connectivity index (χ2n) is 10.3. The van der Waals surface area contributed by atoms with Crippen molar-refractivity contribution < 1.29 is 9.28 Å². The van der Waals surface area contributed by atoms with E-state index in [2.05, 4.69) is 106 Å². The summed E-state index contributed by atoms with van der Waals surface area (Å²) in [4.78, 5) is 14.1. The van der Waals surface area contributed by atoms with Gasteiger partial charge in [0.2, 0.25) is 0 Å². The van der Waals surface area contributed by atoms with Crippen LogP contribution in [0.25, 0.3) is 0 Å². The molecule has 4 rings (SSSR count). The SMILES string of the molecule is CCc1ccc(C[N+]2(C(CC)C(=O)Nc3c(C)cccc3C)CCCCC2c2ccccc2)cc1. The van der Waals surface area contributed by atoms with Gasteiger partial charge in [0.25, 0.3) is 5.91 Å². The zero-order chi connectivity index (χ0) is 24.8. The summed E-state index contributed by atoms with van der Waals surface area (Å²) in [5.74, 6) is 0.151. The number of anilines is 1. The van der Waals surface area contributed by atoms with Gasteiger partial charge in [-0.05, 0) is 49.8 Å². The molecule has 0 spiro atoms. The van der Waals surface area contributed by atoms with Crippen molar-refractivity contribution in [3.63, 3.8) is 0 Å². The Hall–Kier alpha value is -2.91. The van der Waals surface area contributed by atoms with Crippen LogP contribution in [0, 0.1) is 13.8 Å². The number of quaternary nitrogens is 1. The summed E-state index contributed by atoms with van der Waals surface area (Å²) in [6.45, 7) is 10.4. The monoisotopic (exact) mass is 469 g/mol. The number of nitrogens with zero attached hydrogens (tertiary/aromatic N) is 1. The zero-order valence-electron chi connectivity index (χ0n) is 21.9. The van der Waals surface area contributed by atoms with Gasteiger partial charge in [0.15, 0.2) is 6.04 Å². The quantitative estimate of drug-likeness (QED) is 0.340. The van der Waals surface area contributed by atoms with Crippen LogP contribution in [-0.4, -0.2) is 23.0 Å². The van der Waals surface area contributed by atoms with Gasteiger partial charge in [-0.25, -0.2) is 0 Å². The van der Waals surface area contributed by atoms with E-state index >= 15 is 0 Å². The molecule has 0 saturated carbocycles. The molecule has 1 N–H and O–H groups in total. The van der Waals surface area contributed by atoms with Crippen LogP contribution < -0.4 is 5.32 Å². The van der Waals surface area contributed by atoms with Crippen molar-refractivity contribution in [3.8, 4) is 0 Å². The molecule has 1 aliphatic rings. The number of carbonyl (C=O) groups is 1. The van der Waals surface area contributed by atoms with Crippen LogP contribution in [0.5, 0.6) is 0 Å². The number of amides is 1. The molecule has 184 valence electrons. The summed E-state index contributed by atoms with van der Waals surface area (Å²) in [7, 11) is 0. The Labute approximate surface area is 211 Å². The van der Waals surface area contributed by atoms with Gasteiger partial charge < -0.3 is 9.80 Å². The summed E-state index contributed by atoms with van der Waals surface area (Å²) < 4.78 is 0.794. The summed E-state index contributed by atoms with van der Waals surface area (Å²) in [5, 5.41) is 3.37. The fourth-order valence-corrected chi connectivity index (χ4v) is 6.19. The third kappa shape index (κ3) is 5.36. The standard InChI is InChI=1S/C32H40N2O/c1-5-26-18-20-27(21-19-26)23-34(22-11-10-17-30(34)28-15-8-7-9-16-28)29(6-2)32(35)33-31-24(3)13-12-14-25(31)4/h7-9,12-16,18-21,29-30H,5-6,10-11,17,22-23H2,1-4H3/p+1. The van der Waals surface area contributed by atoms with Gasteiger partial charge in [-0.1, -0.05) is 86.6 Å². The van der Waals surface area contributed by atoms with Crippen LogP contribution in [0.15, 0.2) is 72.8 Å². The Balaban J connectivity index is 1.77. The van der Waals surface area contributed by atoms with Gasteiger partial charge >= 0.3 is 0 Å². The molecule has 1 fully saturated rings. The first kappa shape index (κ1) is 25.2. The predicted octanol–water partition coefficient (Wildman–Crippen LogP) is 7.53. The minimum absolute atomic E-state index is 0.120. The molecule has 1 heterocycles. The number of para-hydroxylation sites is 1. The molecule has 3 nitrogen and oxygen atoms in total. The van der Waals surface area contributed by atoms with E-state index < -0.39 is 0 Å². The number of benzene rings is 3. The maximum atomic E-state index is 14.1. The van der Waals surface area contributed by atoms with E-state index in [0.29, 0.717) is 6.04 Å². The van der Waals surface area contributed by atoms with Crippen molar-refractivity contribution in [2.45, 2.75) is 78.4 Å². The number of piperidine rings is 1.